The van der Waals surface area contributed by atoms with Crippen molar-refractivity contribution in [3.8, 4) is 0 Å². The van der Waals surface area contributed by atoms with Gasteiger partial charge in [-0.25, -0.2) is 8.78 Å². The van der Waals surface area contributed by atoms with E-state index in [1.54, 1.807) is 0 Å². The van der Waals surface area contributed by atoms with Gasteiger partial charge in [-0.15, -0.1) is 0 Å². The Balaban J connectivity index is 2.75. The number of nitrogens with two attached hydrogens (primary N) is 1. The standard InChI is InChI=1S/C8H8F2N2S/c9-8(10)5-1-2-6(12-4-5)3-7(11)13/h1-2,4,8H,3H2,(H2,11,13). The number of halogens is 2. The van der Waals surface area contributed by atoms with Crippen LogP contribution in [-0.4, -0.2) is 9.97 Å². The van der Waals surface area contributed by atoms with Crippen LogP contribution in [0.2, 0.25) is 0 Å². The summed E-state index contributed by atoms with van der Waals surface area (Å²) < 4.78 is 24.1. The molecule has 0 aromatic carbocycles. The van der Waals surface area contributed by atoms with Crippen molar-refractivity contribution < 1.29 is 8.78 Å². The lowest BCUT2D eigenvalue weighted by Crippen LogP contribution is -2.12. The van der Waals surface area contributed by atoms with Crippen LogP contribution >= 0.6 is 12.2 Å². The summed E-state index contributed by atoms with van der Waals surface area (Å²) in [7, 11) is 0. The Bertz CT molecular complexity index is 298. The SMILES string of the molecule is NC(=S)Cc1ccc(C(F)F)cn1. The van der Waals surface area contributed by atoms with Gasteiger partial charge in [-0.3, -0.25) is 4.98 Å². The fourth-order valence-electron chi connectivity index (χ4n) is 0.848. The zero-order chi connectivity index (χ0) is 9.84. The van der Waals surface area contributed by atoms with Gasteiger partial charge in [-0.1, -0.05) is 12.2 Å². The van der Waals surface area contributed by atoms with E-state index in [2.05, 4.69) is 17.2 Å². The van der Waals surface area contributed by atoms with Gasteiger partial charge < -0.3 is 5.73 Å². The quantitative estimate of drug-likeness (QED) is 0.760. The first kappa shape index (κ1) is 9.98. The Morgan fingerprint density at radius 3 is 2.62 bits per heavy atom. The molecule has 70 valence electrons. The van der Waals surface area contributed by atoms with Crippen LogP contribution in [0, 0.1) is 0 Å². The molecule has 0 unspecified atom stereocenters. The van der Waals surface area contributed by atoms with Crippen LogP contribution in [0.3, 0.4) is 0 Å². The molecule has 0 saturated heterocycles. The predicted octanol–water partition coefficient (Wildman–Crippen LogP) is 1.85. The smallest absolute Gasteiger partial charge is 0.265 e. The highest BCUT2D eigenvalue weighted by molar-refractivity contribution is 7.80. The summed E-state index contributed by atoms with van der Waals surface area (Å²) in [5, 5.41) is 0. The van der Waals surface area contributed by atoms with Crippen molar-refractivity contribution in [2.24, 2.45) is 5.73 Å². The molecule has 1 aromatic heterocycles. The van der Waals surface area contributed by atoms with Crippen LogP contribution in [0.4, 0.5) is 8.78 Å². The maximum absolute atomic E-state index is 12.1. The number of aromatic nitrogens is 1. The summed E-state index contributed by atoms with van der Waals surface area (Å²) in [4.78, 5) is 4.10. The number of thiocarbonyl (C=S) groups is 1. The van der Waals surface area contributed by atoms with Gasteiger partial charge in [0.2, 0.25) is 0 Å². The normalized spacial score (nSPS) is 10.4. The van der Waals surface area contributed by atoms with Gasteiger partial charge in [-0.2, -0.15) is 0 Å². The van der Waals surface area contributed by atoms with E-state index in [0.29, 0.717) is 17.1 Å². The van der Waals surface area contributed by atoms with Crippen LogP contribution in [0.5, 0.6) is 0 Å². The lowest BCUT2D eigenvalue weighted by atomic mass is 10.2. The second-order valence-electron chi connectivity index (χ2n) is 2.53. The van der Waals surface area contributed by atoms with Gasteiger partial charge in [-0.05, 0) is 12.1 Å². The number of nitrogens with zero attached hydrogens (tertiary/aromatic N) is 1. The van der Waals surface area contributed by atoms with Gasteiger partial charge in [0, 0.05) is 23.9 Å². The highest BCUT2D eigenvalue weighted by Gasteiger charge is 2.06. The molecular weight excluding hydrogens is 194 g/mol. The summed E-state index contributed by atoms with van der Waals surface area (Å²) in [5.41, 5.74) is 5.78. The molecule has 0 aliphatic heterocycles. The fourth-order valence-corrected chi connectivity index (χ4v) is 0.996. The Morgan fingerprint density at radius 1 is 1.54 bits per heavy atom. The van der Waals surface area contributed by atoms with Crippen molar-refractivity contribution in [1.29, 1.82) is 0 Å². The van der Waals surface area contributed by atoms with Crippen molar-refractivity contribution in [2.75, 3.05) is 0 Å². The largest absolute Gasteiger partial charge is 0.393 e. The molecule has 1 rings (SSSR count). The molecule has 0 amide bonds. The highest BCUT2D eigenvalue weighted by Crippen LogP contribution is 2.17. The predicted molar refractivity (Wildman–Crippen MR) is 49.7 cm³/mol. The third kappa shape index (κ3) is 3.02. The number of rotatable bonds is 3. The summed E-state index contributed by atoms with van der Waals surface area (Å²) in [5.74, 6) is 0. The van der Waals surface area contributed by atoms with Gasteiger partial charge in [0.05, 0.1) is 4.99 Å². The first-order chi connectivity index (χ1) is 6.09. The number of hydrogen-bond acceptors (Lipinski definition) is 2. The van der Waals surface area contributed by atoms with Crippen LogP contribution in [0.15, 0.2) is 18.3 Å². The Kier molecular flexibility index (Phi) is 3.25. The van der Waals surface area contributed by atoms with E-state index in [1.807, 2.05) is 0 Å². The first-order valence-electron chi connectivity index (χ1n) is 3.61. The lowest BCUT2D eigenvalue weighted by molar-refractivity contribution is 0.151. The van der Waals surface area contributed by atoms with E-state index >= 15 is 0 Å². The van der Waals surface area contributed by atoms with Crippen LogP contribution in [0.25, 0.3) is 0 Å². The number of pyridine rings is 1. The van der Waals surface area contributed by atoms with Crippen molar-refractivity contribution in [2.45, 2.75) is 12.8 Å². The van der Waals surface area contributed by atoms with Crippen LogP contribution in [0.1, 0.15) is 17.7 Å². The Labute approximate surface area is 79.8 Å². The molecule has 0 spiro atoms. The minimum absolute atomic E-state index is 0.0910. The average molecular weight is 202 g/mol. The first-order valence-corrected chi connectivity index (χ1v) is 4.01. The Hall–Kier alpha value is -1.10. The highest BCUT2D eigenvalue weighted by atomic mass is 32.1. The lowest BCUT2D eigenvalue weighted by Gasteiger charge is -2.00. The van der Waals surface area contributed by atoms with Crippen molar-refractivity contribution in [3.05, 3.63) is 29.6 Å². The van der Waals surface area contributed by atoms with Crippen molar-refractivity contribution in [3.63, 3.8) is 0 Å². The second kappa shape index (κ2) is 4.23. The molecular formula is C8H8F2N2S. The van der Waals surface area contributed by atoms with Crippen LogP contribution in [-0.2, 0) is 6.42 Å². The van der Waals surface area contributed by atoms with Gasteiger partial charge in [0.25, 0.3) is 6.43 Å². The molecule has 2 N–H and O–H groups in total. The molecule has 1 heterocycles. The van der Waals surface area contributed by atoms with Crippen molar-refractivity contribution >= 4 is 17.2 Å². The molecule has 1 aromatic rings. The van der Waals surface area contributed by atoms with E-state index in [-0.39, 0.29) is 5.56 Å². The zero-order valence-electron chi connectivity index (χ0n) is 6.71. The van der Waals surface area contributed by atoms with E-state index < -0.39 is 6.43 Å². The van der Waals surface area contributed by atoms with E-state index in [1.165, 1.54) is 12.1 Å². The zero-order valence-corrected chi connectivity index (χ0v) is 7.52. The average Bonchev–Trinajstić information content (AvgIpc) is 2.04. The van der Waals surface area contributed by atoms with E-state index in [9.17, 15) is 8.78 Å². The number of alkyl halides is 2. The molecule has 2 nitrogen and oxygen atoms in total. The molecule has 0 bridgehead atoms. The molecule has 0 saturated carbocycles. The minimum Gasteiger partial charge on any atom is -0.393 e. The molecule has 13 heavy (non-hydrogen) atoms. The summed E-state index contributed by atoms with van der Waals surface area (Å²) in [6, 6.07) is 2.83. The van der Waals surface area contributed by atoms with E-state index in [4.69, 9.17) is 5.73 Å². The van der Waals surface area contributed by atoms with Crippen molar-refractivity contribution in [1.82, 2.24) is 4.98 Å². The molecule has 0 aliphatic carbocycles. The topological polar surface area (TPSA) is 38.9 Å². The maximum atomic E-state index is 12.1. The molecule has 0 radical (unpaired) electrons. The number of hydrogen-bond donors (Lipinski definition) is 1. The fraction of sp³-hybridized carbons (Fsp3) is 0.250. The van der Waals surface area contributed by atoms with Crippen LogP contribution < -0.4 is 5.73 Å². The third-order valence-corrected chi connectivity index (χ3v) is 1.60. The molecule has 0 atom stereocenters. The molecule has 0 fully saturated rings. The van der Waals surface area contributed by atoms with E-state index in [0.717, 1.165) is 6.20 Å². The second-order valence-corrected chi connectivity index (χ2v) is 3.05. The summed E-state index contributed by atoms with van der Waals surface area (Å²) >= 11 is 4.65. The Morgan fingerprint density at radius 2 is 2.23 bits per heavy atom. The maximum Gasteiger partial charge on any atom is 0.265 e. The monoisotopic (exact) mass is 202 g/mol. The molecule has 5 heteroatoms. The van der Waals surface area contributed by atoms with Gasteiger partial charge in [0.1, 0.15) is 0 Å². The summed E-state index contributed by atoms with van der Waals surface area (Å²) in [6.45, 7) is 0. The third-order valence-electron chi connectivity index (χ3n) is 1.45. The van der Waals surface area contributed by atoms with Gasteiger partial charge in [0.15, 0.2) is 0 Å². The van der Waals surface area contributed by atoms with Gasteiger partial charge >= 0.3 is 0 Å². The molecule has 0 aliphatic rings. The minimum atomic E-state index is -2.48. The summed E-state index contributed by atoms with van der Waals surface area (Å²) in [6.07, 6.45) is -0.997.